The summed E-state index contributed by atoms with van der Waals surface area (Å²) in [7, 11) is 0. The Balaban J connectivity index is 1.65. The molecule has 0 radical (unpaired) electrons. The Kier molecular flexibility index (Phi) is 17.3. The Morgan fingerprint density at radius 1 is 0.488 bits per heavy atom. The molecule has 0 saturated heterocycles. The fourth-order valence-corrected chi connectivity index (χ4v) is 6.25. The lowest BCUT2D eigenvalue weighted by atomic mass is 10.0. The number of nitrogens with zero attached hydrogens (tertiary/aromatic N) is 2. The van der Waals surface area contributed by atoms with Crippen molar-refractivity contribution >= 4 is 0 Å². The maximum atomic E-state index is 2.59. The van der Waals surface area contributed by atoms with Crippen LogP contribution >= 0.6 is 0 Å². The fraction of sp³-hybridized carbons (Fsp3) is 0.615. The minimum atomic E-state index is 0.972. The van der Waals surface area contributed by atoms with Crippen molar-refractivity contribution in [3.63, 3.8) is 0 Å². The predicted molar refractivity (Wildman–Crippen MR) is 178 cm³/mol. The molecule has 2 nitrogen and oxygen atoms in total. The van der Waals surface area contributed by atoms with Crippen LogP contribution in [0.1, 0.15) is 152 Å². The Hall–Kier alpha value is -2.35. The lowest BCUT2D eigenvalue weighted by Gasteiger charge is -2.07. The van der Waals surface area contributed by atoms with Crippen LogP contribution in [0.15, 0.2) is 67.0 Å². The molecule has 0 fully saturated rings. The van der Waals surface area contributed by atoms with Crippen LogP contribution in [0, 0.1) is 0 Å². The first-order valence-corrected chi connectivity index (χ1v) is 17.5. The van der Waals surface area contributed by atoms with Crippen molar-refractivity contribution in [2.75, 3.05) is 0 Å². The third-order valence-electron chi connectivity index (χ3n) is 8.73. The van der Waals surface area contributed by atoms with Gasteiger partial charge >= 0.3 is 0 Å². The molecule has 0 atom stereocenters. The maximum absolute atomic E-state index is 2.59. The molecule has 0 aliphatic rings. The second-order valence-electron chi connectivity index (χ2n) is 12.4. The second kappa shape index (κ2) is 21.4. The molecule has 2 heteroatoms. The number of aromatic nitrogens is 2. The topological polar surface area (TPSA) is 8.81 Å². The molecule has 0 spiro atoms. The lowest BCUT2D eigenvalue weighted by molar-refractivity contribution is -0.695. The van der Waals surface area contributed by atoms with Gasteiger partial charge in [-0.2, -0.15) is 0 Å². The normalized spacial score (nSPS) is 11.4. The van der Waals surface area contributed by atoms with Gasteiger partial charge in [-0.15, -0.1) is 0 Å². The van der Waals surface area contributed by atoms with Crippen LogP contribution in [0.4, 0.5) is 0 Å². The first kappa shape index (κ1) is 33.2. The van der Waals surface area contributed by atoms with Crippen LogP contribution in [0.3, 0.4) is 0 Å². The molecule has 0 unspecified atom stereocenters. The van der Waals surface area contributed by atoms with E-state index in [1.165, 1.54) is 140 Å². The lowest BCUT2D eigenvalue weighted by Crippen LogP contribution is -2.37. The molecule has 41 heavy (non-hydrogen) atoms. The van der Waals surface area contributed by atoms with Crippen molar-refractivity contribution < 1.29 is 4.57 Å². The standard InChI is InChI=1S/C39H61N2/c1-3-5-7-9-11-13-15-17-25-31-38-39(32-26-18-16-14-12-10-8-6-4-2)41(34-37-29-23-20-24-30-37)35-40(38)33-36-27-21-19-22-28-36/h19-24,27-30,35H,3-18,25-26,31-34H2,1-2H3/q+1. The first-order valence-electron chi connectivity index (χ1n) is 17.5. The summed E-state index contributed by atoms with van der Waals surface area (Å²) in [6.07, 6.45) is 29.8. The van der Waals surface area contributed by atoms with E-state index in [2.05, 4.69) is 90.0 Å². The van der Waals surface area contributed by atoms with E-state index < -0.39 is 0 Å². The smallest absolute Gasteiger partial charge is 0.230 e. The van der Waals surface area contributed by atoms with Crippen LogP contribution in [-0.4, -0.2) is 4.57 Å². The van der Waals surface area contributed by atoms with Crippen LogP contribution < -0.4 is 4.57 Å². The van der Waals surface area contributed by atoms with Gasteiger partial charge in [-0.25, -0.2) is 9.13 Å². The average Bonchev–Trinajstić information content (AvgIpc) is 3.31. The molecule has 0 bridgehead atoms. The summed E-state index contributed by atoms with van der Waals surface area (Å²) in [6.45, 7) is 6.56. The van der Waals surface area contributed by atoms with Gasteiger partial charge in [0, 0.05) is 12.8 Å². The highest BCUT2D eigenvalue weighted by Crippen LogP contribution is 2.19. The highest BCUT2D eigenvalue weighted by atomic mass is 15.1. The summed E-state index contributed by atoms with van der Waals surface area (Å²) in [5.74, 6) is 0. The minimum Gasteiger partial charge on any atom is -0.230 e. The second-order valence-corrected chi connectivity index (χ2v) is 12.4. The number of hydrogen-bond acceptors (Lipinski definition) is 0. The number of unbranched alkanes of at least 4 members (excludes halogenated alkanes) is 16. The van der Waals surface area contributed by atoms with Gasteiger partial charge in [-0.3, -0.25) is 0 Å². The van der Waals surface area contributed by atoms with E-state index in [1.54, 1.807) is 11.4 Å². The number of rotatable bonds is 24. The van der Waals surface area contributed by atoms with Gasteiger partial charge in [0.1, 0.15) is 24.5 Å². The van der Waals surface area contributed by atoms with E-state index in [0.29, 0.717) is 0 Å². The molecule has 0 N–H and O–H groups in total. The Bertz CT molecular complexity index is 938. The van der Waals surface area contributed by atoms with Crippen molar-refractivity contribution in [1.29, 1.82) is 0 Å². The van der Waals surface area contributed by atoms with Crippen molar-refractivity contribution in [1.82, 2.24) is 4.57 Å². The van der Waals surface area contributed by atoms with Crippen molar-refractivity contribution in [3.8, 4) is 0 Å². The molecule has 0 aliphatic carbocycles. The molecule has 3 aromatic rings. The van der Waals surface area contributed by atoms with Gasteiger partial charge in [0.2, 0.25) is 6.33 Å². The molecular formula is C39H61N2+. The SMILES string of the molecule is CCCCCCCCCCCc1c(CCCCCCCCCCC)[n+](Cc2ccccc2)cn1Cc1ccccc1. The van der Waals surface area contributed by atoms with Gasteiger partial charge in [0.15, 0.2) is 0 Å². The van der Waals surface area contributed by atoms with E-state index in [0.717, 1.165) is 13.1 Å². The van der Waals surface area contributed by atoms with Crippen LogP contribution in [0.25, 0.3) is 0 Å². The maximum Gasteiger partial charge on any atom is 0.244 e. The van der Waals surface area contributed by atoms with Crippen LogP contribution in [0.5, 0.6) is 0 Å². The number of benzene rings is 2. The summed E-state index contributed by atoms with van der Waals surface area (Å²) in [4.78, 5) is 0. The van der Waals surface area contributed by atoms with Crippen LogP contribution in [-0.2, 0) is 25.9 Å². The summed E-state index contributed by atoms with van der Waals surface area (Å²) in [6, 6.07) is 22.1. The molecule has 226 valence electrons. The Morgan fingerprint density at radius 2 is 0.927 bits per heavy atom. The molecular weight excluding hydrogens is 496 g/mol. The van der Waals surface area contributed by atoms with Gasteiger partial charge in [0.25, 0.3) is 0 Å². The summed E-state index contributed by atoms with van der Waals surface area (Å²) in [5.41, 5.74) is 5.98. The Morgan fingerprint density at radius 3 is 1.44 bits per heavy atom. The van der Waals surface area contributed by atoms with Gasteiger partial charge in [0.05, 0.1) is 0 Å². The molecule has 1 heterocycles. The predicted octanol–water partition coefficient (Wildman–Crippen LogP) is 11.0. The highest BCUT2D eigenvalue weighted by molar-refractivity contribution is 5.18. The molecule has 0 aliphatic heterocycles. The molecule has 3 rings (SSSR count). The number of hydrogen-bond donors (Lipinski definition) is 0. The zero-order valence-corrected chi connectivity index (χ0v) is 26.8. The first-order chi connectivity index (χ1) is 20.3. The molecule has 0 amide bonds. The van der Waals surface area contributed by atoms with Crippen LogP contribution in [0.2, 0.25) is 0 Å². The highest BCUT2D eigenvalue weighted by Gasteiger charge is 2.23. The summed E-state index contributed by atoms with van der Waals surface area (Å²) < 4.78 is 5.18. The largest absolute Gasteiger partial charge is 0.244 e. The van der Waals surface area contributed by atoms with Crippen molar-refractivity contribution in [2.24, 2.45) is 0 Å². The monoisotopic (exact) mass is 557 g/mol. The quantitative estimate of drug-likeness (QED) is 0.0765. The number of imidazole rings is 1. The summed E-state index contributed by atoms with van der Waals surface area (Å²) in [5, 5.41) is 0. The zero-order chi connectivity index (χ0) is 28.8. The average molecular weight is 558 g/mol. The van der Waals surface area contributed by atoms with Crippen molar-refractivity contribution in [2.45, 2.75) is 155 Å². The molecule has 2 aromatic carbocycles. The molecule has 1 aromatic heterocycles. The van der Waals surface area contributed by atoms with E-state index >= 15 is 0 Å². The Labute approximate surface area is 253 Å². The van der Waals surface area contributed by atoms with Gasteiger partial charge in [-0.1, -0.05) is 177 Å². The van der Waals surface area contributed by atoms with Crippen molar-refractivity contribution in [3.05, 3.63) is 89.5 Å². The van der Waals surface area contributed by atoms with Gasteiger partial charge < -0.3 is 0 Å². The minimum absolute atomic E-state index is 0.972. The summed E-state index contributed by atoms with van der Waals surface area (Å²) >= 11 is 0. The van der Waals surface area contributed by atoms with E-state index in [1.807, 2.05) is 0 Å². The van der Waals surface area contributed by atoms with E-state index in [-0.39, 0.29) is 0 Å². The third kappa shape index (κ3) is 13.4. The zero-order valence-electron chi connectivity index (χ0n) is 26.8. The van der Waals surface area contributed by atoms with Gasteiger partial charge in [-0.05, 0) is 24.0 Å². The fourth-order valence-electron chi connectivity index (χ4n) is 6.25. The van der Waals surface area contributed by atoms with E-state index in [9.17, 15) is 0 Å². The third-order valence-corrected chi connectivity index (χ3v) is 8.73. The molecule has 0 saturated carbocycles. The van der Waals surface area contributed by atoms with E-state index in [4.69, 9.17) is 0 Å².